The molecule has 15 unspecified atom stereocenters. The molecule has 0 spiro atoms. The number of esters is 10. The van der Waals surface area contributed by atoms with Crippen molar-refractivity contribution in [2.24, 2.45) is 0 Å². The Bertz CT molecular complexity index is 3590. The molecule has 15 atom stereocenters. The van der Waals surface area contributed by atoms with Crippen LogP contribution in [0.15, 0.2) is 0 Å². The van der Waals surface area contributed by atoms with Gasteiger partial charge in [-0.05, 0) is 70.6 Å². The van der Waals surface area contributed by atoms with Crippen LogP contribution in [0.5, 0.6) is 0 Å². The summed E-state index contributed by atoms with van der Waals surface area (Å²) in [5.41, 5.74) is -1.48. The van der Waals surface area contributed by atoms with Crippen molar-refractivity contribution in [2.45, 2.75) is 341 Å². The summed E-state index contributed by atoms with van der Waals surface area (Å²) < 4.78 is 107. The summed E-state index contributed by atoms with van der Waals surface area (Å²) >= 11 is 0. The van der Waals surface area contributed by atoms with E-state index in [9.17, 15) is 95.9 Å². The third kappa shape index (κ3) is 56.5. The molecule has 0 aromatic rings. The lowest BCUT2D eigenvalue weighted by Gasteiger charge is -2.44. The monoisotopic (exact) mass is 2020 g/mol. The van der Waals surface area contributed by atoms with Crippen molar-refractivity contribution in [1.82, 2.24) is 53.2 Å². The summed E-state index contributed by atoms with van der Waals surface area (Å²) in [6.07, 6.45) is -5.78. The van der Waals surface area contributed by atoms with E-state index in [0.29, 0.717) is 83.5 Å². The summed E-state index contributed by atoms with van der Waals surface area (Å²) in [6.45, 7) is 12.1. The Hall–Kier alpha value is -11.0. The summed E-state index contributed by atoms with van der Waals surface area (Å²) in [6, 6.07) is -3.52. The van der Waals surface area contributed by atoms with Gasteiger partial charge in [0.2, 0.25) is 59.1 Å². The highest BCUT2D eigenvalue weighted by Gasteiger charge is 2.55. The highest BCUT2D eigenvalue weighted by molar-refractivity contribution is 5.80. The molecule has 802 valence electrons. The quantitative estimate of drug-likeness (QED) is 0.0226. The Morgan fingerprint density at radius 3 is 0.738 bits per heavy atom. The second-order valence-corrected chi connectivity index (χ2v) is 33.9. The number of unbranched alkanes of at least 4 members (excludes halogenated alkanes) is 10. The van der Waals surface area contributed by atoms with Crippen LogP contribution in [-0.2, 0) is 186 Å². The lowest BCUT2D eigenvalue weighted by atomic mass is 9.96. The number of ether oxygens (including phenoxy) is 19. The van der Waals surface area contributed by atoms with Crippen LogP contribution in [0.25, 0.3) is 0 Å². The molecule has 0 aromatic carbocycles. The molecule has 0 saturated carbocycles. The van der Waals surface area contributed by atoms with Gasteiger partial charge in [0.15, 0.2) is 55.5 Å². The average molecular weight is 2020 g/mol. The Labute approximate surface area is 821 Å². The molecule has 10 N–H and O–H groups in total. The molecule has 0 radical (unpaired) electrons. The van der Waals surface area contributed by atoms with Gasteiger partial charge in [0.25, 0.3) is 0 Å². The minimum Gasteiger partial charge on any atom is -0.469 e. The number of amides is 10. The lowest BCUT2D eigenvalue weighted by molar-refractivity contribution is -0.277. The van der Waals surface area contributed by atoms with Crippen molar-refractivity contribution in [3.05, 3.63) is 0 Å². The minimum atomic E-state index is -1.48. The SMILES string of the molecule is COC(=O)CCCCCCCCCCC(=O)NC(COCCC(=O)NCCCNC(=O)CCCCOC1OC(COC(C)=O)C(OC(C)=O)C(OC(C)=O)C1NC(C)=O)(COCCC(=O)NCCCNC(=O)CCCCOC1OC(COC(C)=O)C(OC(C)=O)C(OC(C)=O)C1NC(C)=O)COCCC(=O)NCCCNC(=O)CCCCOC1OC(COC(C)=O)C(OC(C)=O)C(OC(C)=O)C1NC(C)=O. The first kappa shape index (κ1) is 124. The van der Waals surface area contributed by atoms with Crippen LogP contribution in [0, 0.1) is 0 Å². The lowest BCUT2D eigenvalue weighted by Crippen LogP contribution is -2.66. The summed E-state index contributed by atoms with van der Waals surface area (Å²) in [5.74, 6) is -11.1. The first-order valence-electron chi connectivity index (χ1n) is 47.9. The second kappa shape index (κ2) is 71.5. The molecule has 3 fully saturated rings. The summed E-state index contributed by atoms with van der Waals surface area (Å²) in [5, 5.41) is 27.7. The molecule has 3 heterocycles. The zero-order valence-electron chi connectivity index (χ0n) is 83.5. The van der Waals surface area contributed by atoms with E-state index in [0.717, 1.165) is 94.4 Å². The van der Waals surface area contributed by atoms with Crippen LogP contribution in [-0.4, -0.2) is 342 Å². The molecule has 0 aromatic heterocycles. The van der Waals surface area contributed by atoms with Gasteiger partial charge in [-0.2, -0.15) is 0 Å². The van der Waals surface area contributed by atoms with Crippen molar-refractivity contribution < 1.29 is 186 Å². The molecule has 0 bridgehead atoms. The second-order valence-electron chi connectivity index (χ2n) is 33.9. The Balaban J connectivity index is 1.68. The van der Waals surface area contributed by atoms with Gasteiger partial charge in [0.05, 0.1) is 46.8 Å². The minimum absolute atomic E-state index is 0.0149. The number of rotatable bonds is 72. The Kier molecular flexibility index (Phi) is 63.0. The fraction of sp³-hybridized carbons (Fsp3) is 0.783. The molecule has 0 aliphatic carbocycles. The number of methoxy groups -OCH3 is 1. The smallest absolute Gasteiger partial charge is 0.305 e. The highest BCUT2D eigenvalue weighted by atomic mass is 16.7. The standard InChI is InChI=1S/C92H150N10O39/c1-57(103)99-80-86(136-66(10)112)83(133-63(7)109)69(51-130-60(4)106)139-89(80)127-45-25-22-31-72(115)93-39-28-42-96-75(118)36-48-124-54-92(102-78(121)34-20-18-16-14-15-17-19-21-35-79(122)123-13,55-125-49-37-76(119)97-43-29-40-94-73(116)32-23-26-46-128-90-81(100-58(2)104)87(137-67(11)113)84(134-64(8)110)70(140-90)52-131-61(5)107)56-126-50-38-77(120)98-44-30-41-95-74(117)33-24-27-47-129-91-82(101-59(3)105)88(138-68(12)114)85(135-65(9)111)71(141-91)53-132-62(6)108/h69-71,80-91H,14-56H2,1-13H3,(H,93,115)(H,94,116)(H,95,117)(H,96,118)(H,97,119)(H,98,120)(H,99,103)(H,100,104)(H,101,105)(H,102,121). The van der Waals surface area contributed by atoms with E-state index in [4.69, 9.17) is 90.0 Å². The Morgan fingerprint density at radius 1 is 0.255 bits per heavy atom. The van der Waals surface area contributed by atoms with Gasteiger partial charge in [-0.1, -0.05) is 38.5 Å². The summed E-state index contributed by atoms with van der Waals surface area (Å²) in [7, 11) is 1.35. The van der Waals surface area contributed by atoms with E-state index in [1.54, 1.807) is 0 Å². The molecular formula is C92H150N10O39. The van der Waals surface area contributed by atoms with Crippen molar-refractivity contribution in [3.8, 4) is 0 Å². The number of hydrogen-bond donors (Lipinski definition) is 10. The van der Waals surface area contributed by atoms with Crippen molar-refractivity contribution in [1.29, 1.82) is 0 Å². The molecule has 3 aliphatic heterocycles. The number of nitrogens with one attached hydrogen (secondary N) is 10. The summed E-state index contributed by atoms with van der Waals surface area (Å²) in [4.78, 5) is 250. The van der Waals surface area contributed by atoms with E-state index < -0.39 is 212 Å². The van der Waals surface area contributed by atoms with Crippen molar-refractivity contribution in [3.63, 3.8) is 0 Å². The third-order valence-corrected chi connectivity index (χ3v) is 21.2. The highest BCUT2D eigenvalue weighted by Crippen LogP contribution is 2.32. The van der Waals surface area contributed by atoms with E-state index in [1.165, 1.54) is 27.9 Å². The largest absolute Gasteiger partial charge is 0.469 e. The molecule has 141 heavy (non-hydrogen) atoms. The molecular weight excluding hydrogens is 1870 g/mol. The van der Waals surface area contributed by atoms with Crippen LogP contribution in [0.1, 0.15) is 244 Å². The van der Waals surface area contributed by atoms with Gasteiger partial charge in [0.1, 0.15) is 61.8 Å². The van der Waals surface area contributed by atoms with Gasteiger partial charge in [-0.3, -0.25) is 95.9 Å². The van der Waals surface area contributed by atoms with Crippen LogP contribution in [0.4, 0.5) is 0 Å². The fourth-order valence-electron chi connectivity index (χ4n) is 14.8. The number of carbonyl (C=O) groups is 20. The van der Waals surface area contributed by atoms with Gasteiger partial charge in [-0.15, -0.1) is 0 Å². The predicted molar refractivity (Wildman–Crippen MR) is 489 cm³/mol. The molecule has 49 nitrogen and oxygen atoms in total. The fourth-order valence-corrected chi connectivity index (χ4v) is 14.8. The zero-order chi connectivity index (χ0) is 105. The molecule has 49 heteroatoms. The number of hydrogen-bond acceptors (Lipinski definition) is 39. The van der Waals surface area contributed by atoms with E-state index in [-0.39, 0.29) is 167 Å². The average Bonchev–Trinajstić information content (AvgIpc) is 0.793. The van der Waals surface area contributed by atoms with Crippen LogP contribution in [0.3, 0.4) is 0 Å². The maximum Gasteiger partial charge on any atom is 0.305 e. The molecule has 3 aliphatic rings. The third-order valence-electron chi connectivity index (χ3n) is 21.2. The first-order valence-corrected chi connectivity index (χ1v) is 47.9. The maximum absolute atomic E-state index is 14.1. The van der Waals surface area contributed by atoms with E-state index in [1.807, 2.05) is 0 Å². The van der Waals surface area contributed by atoms with Gasteiger partial charge < -0.3 is 143 Å². The van der Waals surface area contributed by atoms with Gasteiger partial charge in [-0.25, -0.2) is 0 Å². The molecule has 3 saturated heterocycles. The van der Waals surface area contributed by atoms with Crippen LogP contribution >= 0.6 is 0 Å². The van der Waals surface area contributed by atoms with Crippen molar-refractivity contribution in [2.75, 3.05) is 126 Å². The van der Waals surface area contributed by atoms with Gasteiger partial charge in [0, 0.05) is 194 Å². The first-order chi connectivity index (χ1) is 67.1. The van der Waals surface area contributed by atoms with Crippen LogP contribution in [0.2, 0.25) is 0 Å². The zero-order valence-corrected chi connectivity index (χ0v) is 83.5. The Morgan fingerprint density at radius 2 is 0.489 bits per heavy atom. The maximum atomic E-state index is 14.1. The number of carbonyl (C=O) groups excluding carboxylic acids is 20. The van der Waals surface area contributed by atoms with Crippen LogP contribution < -0.4 is 53.2 Å². The van der Waals surface area contributed by atoms with Crippen molar-refractivity contribution >= 4 is 119 Å². The van der Waals surface area contributed by atoms with Gasteiger partial charge >= 0.3 is 59.7 Å². The topological polar surface area (TPSA) is 637 Å². The molecule has 3 rings (SSSR count). The predicted octanol–water partition coefficient (Wildman–Crippen LogP) is 0.532. The van der Waals surface area contributed by atoms with E-state index >= 15 is 0 Å². The normalized spacial score (nSPS) is 21.1. The molecule has 10 amide bonds. The van der Waals surface area contributed by atoms with E-state index in [2.05, 4.69) is 53.2 Å².